The Bertz CT molecular complexity index is 983. The molecule has 1 saturated heterocycles. The first-order chi connectivity index (χ1) is 12.5. The minimum Gasteiger partial charge on any atom is -0.334 e. The largest absolute Gasteiger partial charge is 0.334 e. The molecule has 0 bridgehead atoms. The number of aromatic nitrogens is 2. The summed E-state index contributed by atoms with van der Waals surface area (Å²) in [6, 6.07) is 11.9. The summed E-state index contributed by atoms with van der Waals surface area (Å²) in [7, 11) is 0. The third-order valence-electron chi connectivity index (χ3n) is 4.87. The van der Waals surface area contributed by atoms with Crippen molar-refractivity contribution in [3.8, 4) is 11.5 Å². The van der Waals surface area contributed by atoms with E-state index in [0.29, 0.717) is 24.4 Å². The Hall–Kier alpha value is -3.02. The highest BCUT2D eigenvalue weighted by Crippen LogP contribution is 2.33. The maximum Gasteiger partial charge on any atom is 0.258 e. The quantitative estimate of drug-likeness (QED) is 0.715. The van der Waals surface area contributed by atoms with Gasteiger partial charge in [-0.15, -0.1) is 0 Å². The van der Waals surface area contributed by atoms with Crippen molar-refractivity contribution in [3.63, 3.8) is 0 Å². The van der Waals surface area contributed by atoms with Crippen LogP contribution in [0.4, 0.5) is 10.1 Å². The first-order valence-corrected chi connectivity index (χ1v) is 8.49. The third kappa shape index (κ3) is 2.87. The lowest BCUT2D eigenvalue weighted by Crippen LogP contribution is -2.25. The van der Waals surface area contributed by atoms with Crippen LogP contribution < -0.4 is 4.90 Å². The Labute approximate surface area is 150 Å². The Morgan fingerprint density at radius 1 is 1.19 bits per heavy atom. The van der Waals surface area contributed by atoms with Crippen LogP contribution in [0.2, 0.25) is 0 Å². The Balaban J connectivity index is 1.59. The number of amides is 1. The number of rotatable bonds is 3. The fourth-order valence-corrected chi connectivity index (χ4v) is 3.28. The molecule has 1 atom stereocenters. The number of carbonyl (C=O) groups excluding carboxylic acids is 1. The fourth-order valence-electron chi connectivity index (χ4n) is 3.28. The minimum atomic E-state index is -0.362. The van der Waals surface area contributed by atoms with Gasteiger partial charge >= 0.3 is 0 Å². The van der Waals surface area contributed by atoms with Crippen LogP contribution in [0.1, 0.15) is 29.3 Å². The van der Waals surface area contributed by atoms with Gasteiger partial charge in [0.25, 0.3) is 5.89 Å². The molecule has 0 N–H and O–H groups in total. The summed E-state index contributed by atoms with van der Waals surface area (Å²) >= 11 is 0. The van der Waals surface area contributed by atoms with Crippen molar-refractivity contribution in [2.24, 2.45) is 0 Å². The zero-order valence-corrected chi connectivity index (χ0v) is 14.6. The number of anilines is 1. The Morgan fingerprint density at radius 2 is 2.00 bits per heavy atom. The Morgan fingerprint density at radius 3 is 2.81 bits per heavy atom. The molecule has 1 fully saturated rings. The number of carbonyl (C=O) groups is 1. The normalized spacial score (nSPS) is 17.1. The van der Waals surface area contributed by atoms with E-state index in [1.807, 2.05) is 32.0 Å². The van der Waals surface area contributed by atoms with Gasteiger partial charge in [-0.3, -0.25) is 4.79 Å². The molecule has 5 nitrogen and oxygen atoms in total. The lowest BCUT2D eigenvalue weighted by atomic mass is 10.1. The lowest BCUT2D eigenvalue weighted by molar-refractivity contribution is -0.117. The zero-order chi connectivity index (χ0) is 18.3. The zero-order valence-electron chi connectivity index (χ0n) is 14.6. The molecule has 4 rings (SSSR count). The van der Waals surface area contributed by atoms with Gasteiger partial charge in [-0.25, -0.2) is 4.39 Å². The monoisotopic (exact) mass is 351 g/mol. The number of hydrogen-bond donors (Lipinski definition) is 0. The number of benzene rings is 2. The van der Waals surface area contributed by atoms with Gasteiger partial charge < -0.3 is 9.42 Å². The summed E-state index contributed by atoms with van der Waals surface area (Å²) in [4.78, 5) is 18.7. The molecule has 0 saturated carbocycles. The van der Waals surface area contributed by atoms with E-state index < -0.39 is 0 Å². The SMILES string of the molecule is Cc1cccc(N2CC(c3noc(-c4cccc(F)c4)n3)CC2=O)c1C. The molecule has 3 aromatic rings. The molecule has 132 valence electrons. The second-order valence-corrected chi connectivity index (χ2v) is 6.59. The predicted molar refractivity (Wildman–Crippen MR) is 95.3 cm³/mol. The summed E-state index contributed by atoms with van der Waals surface area (Å²) in [5.41, 5.74) is 3.69. The molecule has 1 amide bonds. The van der Waals surface area contributed by atoms with Crippen molar-refractivity contribution in [2.45, 2.75) is 26.2 Å². The van der Waals surface area contributed by atoms with Gasteiger partial charge in [0.1, 0.15) is 5.82 Å². The van der Waals surface area contributed by atoms with Crippen molar-refractivity contribution in [3.05, 3.63) is 65.2 Å². The van der Waals surface area contributed by atoms with E-state index in [4.69, 9.17) is 4.52 Å². The molecule has 1 aliphatic heterocycles. The van der Waals surface area contributed by atoms with E-state index in [2.05, 4.69) is 10.1 Å². The first kappa shape index (κ1) is 16.4. The van der Waals surface area contributed by atoms with E-state index in [0.717, 1.165) is 16.8 Å². The van der Waals surface area contributed by atoms with Gasteiger partial charge in [0, 0.05) is 30.1 Å². The van der Waals surface area contributed by atoms with Crippen LogP contribution in [0.25, 0.3) is 11.5 Å². The van der Waals surface area contributed by atoms with Crippen molar-refractivity contribution >= 4 is 11.6 Å². The summed E-state index contributed by atoms with van der Waals surface area (Å²) < 4.78 is 18.7. The van der Waals surface area contributed by atoms with Crippen LogP contribution in [0.15, 0.2) is 47.0 Å². The molecule has 0 spiro atoms. The van der Waals surface area contributed by atoms with Crippen LogP contribution >= 0.6 is 0 Å². The van der Waals surface area contributed by atoms with Gasteiger partial charge in [0.15, 0.2) is 5.82 Å². The highest BCUT2D eigenvalue weighted by atomic mass is 19.1. The van der Waals surface area contributed by atoms with E-state index >= 15 is 0 Å². The summed E-state index contributed by atoms with van der Waals surface area (Å²) in [5, 5.41) is 4.02. The summed E-state index contributed by atoms with van der Waals surface area (Å²) in [5.74, 6) is 0.274. The van der Waals surface area contributed by atoms with Crippen molar-refractivity contribution in [1.29, 1.82) is 0 Å². The van der Waals surface area contributed by atoms with E-state index in [1.54, 1.807) is 17.0 Å². The molecule has 26 heavy (non-hydrogen) atoms. The van der Waals surface area contributed by atoms with Crippen LogP contribution in [0.5, 0.6) is 0 Å². The first-order valence-electron chi connectivity index (χ1n) is 8.49. The smallest absolute Gasteiger partial charge is 0.258 e. The molecule has 6 heteroatoms. The Kier molecular flexibility index (Phi) is 4.03. The fraction of sp³-hybridized carbons (Fsp3) is 0.250. The van der Waals surface area contributed by atoms with E-state index in [9.17, 15) is 9.18 Å². The standard InChI is InChI=1S/C20H18FN3O2/c1-12-5-3-8-17(13(12)2)24-11-15(10-18(24)25)19-22-20(26-23-19)14-6-4-7-16(21)9-14/h3-9,15H,10-11H2,1-2H3. The molecular formula is C20H18FN3O2. The number of halogens is 1. The van der Waals surface area contributed by atoms with Gasteiger partial charge in [-0.05, 0) is 49.2 Å². The maximum atomic E-state index is 13.4. The van der Waals surface area contributed by atoms with Gasteiger partial charge in [-0.2, -0.15) is 4.98 Å². The molecule has 0 aliphatic carbocycles. The molecule has 2 aromatic carbocycles. The van der Waals surface area contributed by atoms with Crippen LogP contribution in [0.3, 0.4) is 0 Å². The van der Waals surface area contributed by atoms with Crippen molar-refractivity contribution < 1.29 is 13.7 Å². The maximum absolute atomic E-state index is 13.4. The third-order valence-corrected chi connectivity index (χ3v) is 4.87. The molecule has 0 radical (unpaired) electrons. The van der Waals surface area contributed by atoms with Gasteiger partial charge in [0.2, 0.25) is 5.91 Å². The lowest BCUT2D eigenvalue weighted by Gasteiger charge is -2.19. The van der Waals surface area contributed by atoms with Crippen molar-refractivity contribution in [2.75, 3.05) is 11.4 Å². The summed E-state index contributed by atoms with van der Waals surface area (Å²) in [6.45, 7) is 4.55. The van der Waals surface area contributed by atoms with Gasteiger partial charge in [0.05, 0.1) is 0 Å². The molecular weight excluding hydrogens is 333 g/mol. The molecule has 1 aliphatic rings. The minimum absolute atomic E-state index is 0.0424. The highest BCUT2D eigenvalue weighted by molar-refractivity contribution is 5.97. The average molecular weight is 351 g/mol. The molecule has 1 unspecified atom stereocenters. The summed E-state index contributed by atoms with van der Waals surface area (Å²) in [6.07, 6.45) is 0.329. The highest BCUT2D eigenvalue weighted by Gasteiger charge is 2.35. The van der Waals surface area contributed by atoms with E-state index in [1.165, 1.54) is 12.1 Å². The molecule has 1 aromatic heterocycles. The predicted octanol–water partition coefficient (Wildman–Crippen LogP) is 4.01. The van der Waals surface area contributed by atoms with Crippen LogP contribution in [0, 0.1) is 19.7 Å². The van der Waals surface area contributed by atoms with Crippen molar-refractivity contribution in [1.82, 2.24) is 10.1 Å². The topological polar surface area (TPSA) is 59.2 Å². The second-order valence-electron chi connectivity index (χ2n) is 6.59. The number of hydrogen-bond acceptors (Lipinski definition) is 4. The average Bonchev–Trinajstić information content (AvgIpc) is 3.24. The van der Waals surface area contributed by atoms with E-state index in [-0.39, 0.29) is 23.5 Å². The van der Waals surface area contributed by atoms with Crippen LogP contribution in [-0.2, 0) is 4.79 Å². The van der Waals surface area contributed by atoms with Crippen LogP contribution in [-0.4, -0.2) is 22.6 Å². The second kappa shape index (κ2) is 6.37. The number of aryl methyl sites for hydroxylation is 1. The van der Waals surface area contributed by atoms with Gasteiger partial charge in [-0.1, -0.05) is 23.4 Å². The number of nitrogens with zero attached hydrogens (tertiary/aromatic N) is 3. The molecule has 2 heterocycles.